The molecule has 0 N–H and O–H groups in total. The van der Waals surface area contributed by atoms with Gasteiger partial charge in [0, 0.05) is 57.2 Å². The quantitative estimate of drug-likeness (QED) is 0.122. The number of methoxy groups -OCH3 is 1. The molecule has 0 spiro atoms. The van der Waals surface area contributed by atoms with Crippen LogP contribution in [0.1, 0.15) is 45.9 Å². The van der Waals surface area contributed by atoms with E-state index in [1.54, 1.807) is 17.2 Å². The number of amides is 1. The Morgan fingerprint density at radius 2 is 1.84 bits per heavy atom. The van der Waals surface area contributed by atoms with Crippen molar-refractivity contribution in [1.29, 1.82) is 0 Å². The van der Waals surface area contributed by atoms with Crippen molar-refractivity contribution in [1.82, 2.24) is 34.3 Å². The van der Waals surface area contributed by atoms with Crippen LogP contribution in [-0.2, 0) is 22.6 Å². The maximum absolute atomic E-state index is 14.4. The van der Waals surface area contributed by atoms with Crippen LogP contribution in [0, 0.1) is 6.92 Å². The second-order valence-electron chi connectivity index (χ2n) is 15.0. The summed E-state index contributed by atoms with van der Waals surface area (Å²) in [7, 11) is 0.0432. The van der Waals surface area contributed by atoms with Crippen LogP contribution in [0.5, 0.6) is 5.75 Å². The summed E-state index contributed by atoms with van der Waals surface area (Å²) < 4.78 is 63.5. The molecule has 4 aromatic heterocycles. The van der Waals surface area contributed by atoms with Gasteiger partial charge in [0.1, 0.15) is 34.4 Å². The Kier molecular flexibility index (Phi) is 10.6. The van der Waals surface area contributed by atoms with E-state index in [4.69, 9.17) is 24.3 Å². The molecule has 274 valence electrons. The molecule has 1 amide bonds. The van der Waals surface area contributed by atoms with Gasteiger partial charge in [0.05, 0.1) is 24.9 Å². The molecule has 2 atom stereocenters. The molecule has 0 aromatic carbocycles. The average Bonchev–Trinajstić information content (AvgIpc) is 3.70. The number of fused-ring (bicyclic) bond motifs is 1. The van der Waals surface area contributed by atoms with Gasteiger partial charge in [-0.1, -0.05) is 31.0 Å². The first kappa shape index (κ1) is 37.5. The molecule has 0 aliphatic carbocycles. The molecule has 50 heavy (non-hydrogen) atoms. The second kappa shape index (κ2) is 14.1. The van der Waals surface area contributed by atoms with E-state index < -0.39 is 26.3 Å². The summed E-state index contributed by atoms with van der Waals surface area (Å²) in [4.78, 5) is 25.9. The zero-order valence-corrected chi connectivity index (χ0v) is 32.2. The smallest absolute Gasteiger partial charge is 0.410 e. The lowest BCUT2D eigenvalue weighted by Crippen LogP contribution is -2.58. The van der Waals surface area contributed by atoms with Gasteiger partial charge >= 0.3 is 12.3 Å². The van der Waals surface area contributed by atoms with E-state index in [0.29, 0.717) is 47.4 Å². The monoisotopic (exact) mass is 736 g/mol. The average molecular weight is 737 g/mol. The maximum Gasteiger partial charge on any atom is 0.410 e. The van der Waals surface area contributed by atoms with Crippen LogP contribution in [0.3, 0.4) is 0 Å². The van der Waals surface area contributed by atoms with Crippen molar-refractivity contribution in [3.05, 3.63) is 29.8 Å². The number of hydrogen-bond donors (Lipinski definition) is 0. The number of hydrogen-bond acceptors (Lipinski definition) is 10. The molecular formula is C33H47F3N8O4SSi. The fourth-order valence-electron chi connectivity index (χ4n) is 5.90. The molecule has 0 saturated carbocycles. The highest BCUT2D eigenvalue weighted by Crippen LogP contribution is 2.42. The van der Waals surface area contributed by atoms with Gasteiger partial charge < -0.3 is 24.0 Å². The standard InChI is InChI=1S/C33H47F3N8O4SSi/c1-20-16-42(31(45)48-32(4,5)6)21(2)15-41(20)30-22(3)39-29(49-30)26-24(14-33(34,35)36)27(44(40-26)19-47-11-12-50(8,9)10)23-13-25(46-7)28-37-18-38-43(28)17-23/h13,17-18,20-21H,11-12,14-16,19H2,1-10H3/t20-,21-/m0/s1. The maximum atomic E-state index is 14.4. The van der Waals surface area contributed by atoms with Crippen molar-refractivity contribution in [3.63, 3.8) is 0 Å². The first-order chi connectivity index (χ1) is 23.2. The van der Waals surface area contributed by atoms with E-state index in [-0.39, 0.29) is 41.9 Å². The van der Waals surface area contributed by atoms with Crippen molar-refractivity contribution < 1.29 is 32.2 Å². The summed E-state index contributed by atoms with van der Waals surface area (Å²) in [5, 5.41) is 10.2. The highest BCUT2D eigenvalue weighted by Gasteiger charge is 2.38. The summed E-state index contributed by atoms with van der Waals surface area (Å²) in [6.07, 6.45) is -3.18. The lowest BCUT2D eigenvalue weighted by atomic mass is 10.0. The molecule has 1 aliphatic rings. The predicted octanol–water partition coefficient (Wildman–Crippen LogP) is 7.28. The Morgan fingerprint density at radius 3 is 2.48 bits per heavy atom. The third kappa shape index (κ3) is 8.59. The third-order valence-electron chi connectivity index (χ3n) is 8.32. The largest absolute Gasteiger partial charge is 0.493 e. The number of carbonyl (C=O) groups is 1. The van der Waals surface area contributed by atoms with Crippen LogP contribution in [0.4, 0.5) is 23.0 Å². The predicted molar refractivity (Wildman–Crippen MR) is 190 cm³/mol. The number of carbonyl (C=O) groups excluding carboxylic acids is 1. The Balaban J connectivity index is 1.58. The van der Waals surface area contributed by atoms with E-state index in [2.05, 4.69) is 34.6 Å². The van der Waals surface area contributed by atoms with Gasteiger partial charge in [-0.15, -0.1) is 0 Å². The summed E-state index contributed by atoms with van der Waals surface area (Å²) in [5.41, 5.74) is 1.25. The number of aryl methyl sites for hydroxylation is 1. The molecule has 1 saturated heterocycles. The van der Waals surface area contributed by atoms with E-state index in [1.165, 1.54) is 34.0 Å². The topological polar surface area (TPSA) is 112 Å². The van der Waals surface area contributed by atoms with Gasteiger partial charge in [0.15, 0.2) is 11.4 Å². The molecular weight excluding hydrogens is 690 g/mol. The van der Waals surface area contributed by atoms with E-state index in [9.17, 15) is 18.0 Å². The third-order valence-corrected chi connectivity index (χ3v) is 11.2. The van der Waals surface area contributed by atoms with E-state index in [1.807, 2.05) is 41.5 Å². The highest BCUT2D eigenvalue weighted by molar-refractivity contribution is 7.19. The van der Waals surface area contributed by atoms with Crippen LogP contribution in [0.2, 0.25) is 25.7 Å². The number of rotatable bonds is 10. The van der Waals surface area contributed by atoms with Crippen molar-refractivity contribution in [2.24, 2.45) is 0 Å². The highest BCUT2D eigenvalue weighted by atomic mass is 32.1. The zero-order valence-electron chi connectivity index (χ0n) is 30.4. The lowest BCUT2D eigenvalue weighted by molar-refractivity contribution is -0.127. The number of ether oxygens (including phenoxy) is 3. The number of halogens is 3. The Bertz CT molecular complexity index is 1830. The summed E-state index contributed by atoms with van der Waals surface area (Å²) in [5.74, 6) is 0.355. The number of aromatic nitrogens is 6. The Labute approximate surface area is 295 Å². The van der Waals surface area contributed by atoms with Crippen molar-refractivity contribution in [2.75, 3.05) is 31.7 Å². The van der Waals surface area contributed by atoms with Gasteiger partial charge in [-0.25, -0.2) is 24.0 Å². The SMILES string of the molecule is COc1cc(-c2c(CC(F)(F)F)c(-c3nc(C)c(N4C[C@H](C)N(C(=O)OC(C)(C)C)C[C@@H]4C)s3)nn2COCC[Si](C)(C)C)cn2ncnc12. The minimum atomic E-state index is -4.55. The first-order valence-electron chi connectivity index (χ1n) is 16.6. The lowest BCUT2D eigenvalue weighted by Gasteiger charge is -2.44. The van der Waals surface area contributed by atoms with Crippen LogP contribution in [0.25, 0.3) is 27.6 Å². The molecule has 0 unspecified atom stereocenters. The molecule has 5 rings (SSSR count). The minimum Gasteiger partial charge on any atom is -0.493 e. The number of pyridine rings is 1. The number of piperazine rings is 1. The van der Waals surface area contributed by atoms with Crippen molar-refractivity contribution in [2.45, 2.75) is 104 Å². The van der Waals surface area contributed by atoms with Gasteiger partial charge in [-0.05, 0) is 53.7 Å². The molecule has 5 heterocycles. The fraction of sp³-hybridized carbons (Fsp3) is 0.606. The Hall–Kier alpha value is -3.70. The van der Waals surface area contributed by atoms with E-state index in [0.717, 1.165) is 11.0 Å². The van der Waals surface area contributed by atoms with Crippen LogP contribution < -0.4 is 9.64 Å². The number of nitrogens with zero attached hydrogens (tertiary/aromatic N) is 8. The number of alkyl halides is 3. The minimum absolute atomic E-state index is 0.0238. The zero-order chi connectivity index (χ0) is 36.8. The molecule has 0 bridgehead atoms. The molecule has 1 fully saturated rings. The summed E-state index contributed by atoms with van der Waals surface area (Å²) in [6, 6.07) is 2.26. The number of thiazole rings is 1. The molecule has 4 aromatic rings. The van der Waals surface area contributed by atoms with Gasteiger partial charge in [0.2, 0.25) is 0 Å². The fourth-order valence-corrected chi connectivity index (χ4v) is 7.85. The van der Waals surface area contributed by atoms with Gasteiger partial charge in [0.25, 0.3) is 0 Å². The van der Waals surface area contributed by atoms with Crippen molar-refractivity contribution >= 4 is 36.2 Å². The van der Waals surface area contributed by atoms with E-state index >= 15 is 0 Å². The molecule has 0 radical (unpaired) electrons. The molecule has 1 aliphatic heterocycles. The van der Waals surface area contributed by atoms with Gasteiger partial charge in [-0.3, -0.25) is 0 Å². The Morgan fingerprint density at radius 1 is 1.12 bits per heavy atom. The van der Waals surface area contributed by atoms with Gasteiger partial charge in [-0.2, -0.15) is 23.4 Å². The second-order valence-corrected chi connectivity index (χ2v) is 21.6. The first-order valence-corrected chi connectivity index (χ1v) is 21.1. The van der Waals surface area contributed by atoms with Crippen LogP contribution in [0.15, 0.2) is 18.6 Å². The summed E-state index contributed by atoms with van der Waals surface area (Å²) in [6.45, 7) is 19.3. The number of anilines is 1. The molecule has 12 nitrogen and oxygen atoms in total. The van der Waals surface area contributed by atoms with Crippen LogP contribution >= 0.6 is 11.3 Å². The van der Waals surface area contributed by atoms with Crippen molar-refractivity contribution in [3.8, 4) is 27.7 Å². The summed E-state index contributed by atoms with van der Waals surface area (Å²) >= 11 is 1.29. The normalized spacial score (nSPS) is 17.5. The molecule has 17 heteroatoms. The van der Waals surface area contributed by atoms with Crippen LogP contribution in [-0.4, -0.2) is 99.1 Å².